The molecule has 0 N–H and O–H groups in total. The van der Waals surface area contributed by atoms with Crippen molar-refractivity contribution in [1.29, 1.82) is 0 Å². The number of aromatic nitrogens is 4. The van der Waals surface area contributed by atoms with Crippen molar-refractivity contribution < 1.29 is 4.74 Å². The zero-order chi connectivity index (χ0) is 17.1. The van der Waals surface area contributed by atoms with Gasteiger partial charge in [-0.2, -0.15) is 0 Å². The summed E-state index contributed by atoms with van der Waals surface area (Å²) in [6.45, 7) is 2.93. The fourth-order valence-electron chi connectivity index (χ4n) is 2.89. The van der Waals surface area contributed by atoms with Crippen LogP contribution in [0, 0.1) is 0 Å². The van der Waals surface area contributed by atoms with Crippen LogP contribution in [0.4, 0.5) is 5.69 Å². The molecule has 1 atom stereocenters. The van der Waals surface area contributed by atoms with Gasteiger partial charge in [0.05, 0.1) is 5.69 Å². The van der Waals surface area contributed by atoms with Crippen LogP contribution in [0.3, 0.4) is 0 Å². The standard InChI is InChI=1S/C19H19N5O/c1-2-3-13-24-18(21-22-23-24)17-15-11-7-8-12-16(15)20-19(25-17)14-9-5-4-6-10-14/h4-12,17H,2-3,13H2,1H3. The van der Waals surface area contributed by atoms with Crippen LogP contribution in [-0.2, 0) is 11.3 Å². The Morgan fingerprint density at radius 1 is 1.04 bits per heavy atom. The van der Waals surface area contributed by atoms with Crippen LogP contribution < -0.4 is 0 Å². The Balaban J connectivity index is 1.76. The summed E-state index contributed by atoms with van der Waals surface area (Å²) in [6, 6.07) is 17.9. The molecule has 0 spiro atoms. The second kappa shape index (κ2) is 6.84. The van der Waals surface area contributed by atoms with Crippen LogP contribution in [-0.4, -0.2) is 26.1 Å². The third-order valence-electron chi connectivity index (χ3n) is 4.21. The quantitative estimate of drug-likeness (QED) is 0.714. The smallest absolute Gasteiger partial charge is 0.222 e. The monoisotopic (exact) mass is 333 g/mol. The summed E-state index contributed by atoms with van der Waals surface area (Å²) in [5.41, 5.74) is 2.81. The van der Waals surface area contributed by atoms with E-state index in [9.17, 15) is 0 Å². The van der Waals surface area contributed by atoms with Gasteiger partial charge >= 0.3 is 0 Å². The number of fused-ring (bicyclic) bond motifs is 1. The molecule has 2 heterocycles. The van der Waals surface area contributed by atoms with E-state index < -0.39 is 0 Å². The van der Waals surface area contributed by atoms with Crippen LogP contribution in [0.5, 0.6) is 0 Å². The molecule has 6 nitrogen and oxygen atoms in total. The van der Waals surface area contributed by atoms with E-state index in [1.54, 1.807) is 0 Å². The minimum absolute atomic E-state index is 0.365. The molecular weight excluding hydrogens is 314 g/mol. The fraction of sp³-hybridized carbons (Fsp3) is 0.263. The Morgan fingerprint density at radius 3 is 2.68 bits per heavy atom. The molecule has 1 aromatic heterocycles. The lowest BCUT2D eigenvalue weighted by Crippen LogP contribution is -2.21. The molecule has 126 valence electrons. The first-order valence-electron chi connectivity index (χ1n) is 8.52. The van der Waals surface area contributed by atoms with E-state index in [-0.39, 0.29) is 6.10 Å². The summed E-state index contributed by atoms with van der Waals surface area (Å²) in [7, 11) is 0. The first-order chi connectivity index (χ1) is 12.4. The van der Waals surface area contributed by atoms with Gasteiger partial charge in [-0.15, -0.1) is 5.10 Å². The molecule has 0 aliphatic carbocycles. The molecule has 1 unspecified atom stereocenters. The molecule has 0 saturated heterocycles. The molecule has 1 aliphatic heterocycles. The molecule has 4 rings (SSSR count). The lowest BCUT2D eigenvalue weighted by molar-refractivity contribution is 0.211. The molecular formula is C19H19N5O. The van der Waals surface area contributed by atoms with E-state index in [0.29, 0.717) is 11.7 Å². The van der Waals surface area contributed by atoms with Crippen molar-refractivity contribution in [2.24, 2.45) is 4.99 Å². The number of benzene rings is 2. The molecule has 25 heavy (non-hydrogen) atoms. The number of ether oxygens (including phenoxy) is 1. The van der Waals surface area contributed by atoms with Crippen molar-refractivity contribution in [2.45, 2.75) is 32.4 Å². The van der Waals surface area contributed by atoms with Crippen LogP contribution in [0.15, 0.2) is 59.6 Å². The van der Waals surface area contributed by atoms with Gasteiger partial charge in [0.15, 0.2) is 11.9 Å². The van der Waals surface area contributed by atoms with E-state index in [1.165, 1.54) is 0 Å². The predicted octanol–water partition coefficient (Wildman–Crippen LogP) is 3.67. The molecule has 0 radical (unpaired) electrons. The van der Waals surface area contributed by atoms with Crippen molar-refractivity contribution in [1.82, 2.24) is 20.2 Å². The molecule has 1 aliphatic rings. The summed E-state index contributed by atoms with van der Waals surface area (Å²) >= 11 is 0. The normalized spacial score (nSPS) is 16.0. The summed E-state index contributed by atoms with van der Waals surface area (Å²) in [4.78, 5) is 4.68. The summed E-state index contributed by atoms with van der Waals surface area (Å²) in [6.07, 6.45) is 1.74. The van der Waals surface area contributed by atoms with Gasteiger partial charge in [0.1, 0.15) is 0 Å². The first kappa shape index (κ1) is 15.5. The zero-order valence-electron chi connectivity index (χ0n) is 14.0. The molecule has 0 amide bonds. The Bertz CT molecular complexity index is 888. The molecule has 6 heteroatoms. The van der Waals surface area contributed by atoms with E-state index >= 15 is 0 Å². The number of hydrogen-bond acceptors (Lipinski definition) is 5. The van der Waals surface area contributed by atoms with E-state index in [4.69, 9.17) is 4.74 Å². The van der Waals surface area contributed by atoms with E-state index in [0.717, 1.165) is 36.2 Å². The van der Waals surface area contributed by atoms with Crippen LogP contribution in [0.25, 0.3) is 0 Å². The highest BCUT2D eigenvalue weighted by Crippen LogP contribution is 2.37. The third-order valence-corrected chi connectivity index (χ3v) is 4.21. The van der Waals surface area contributed by atoms with Gasteiger partial charge in [-0.25, -0.2) is 9.67 Å². The largest absolute Gasteiger partial charge is 0.461 e. The Labute approximate surface area is 146 Å². The number of rotatable bonds is 5. The highest BCUT2D eigenvalue weighted by Gasteiger charge is 2.30. The van der Waals surface area contributed by atoms with E-state index in [2.05, 4.69) is 27.4 Å². The van der Waals surface area contributed by atoms with Gasteiger partial charge in [-0.1, -0.05) is 49.7 Å². The number of nitrogens with zero attached hydrogens (tertiary/aromatic N) is 5. The maximum atomic E-state index is 6.25. The number of para-hydroxylation sites is 1. The Kier molecular flexibility index (Phi) is 4.24. The second-order valence-electron chi connectivity index (χ2n) is 5.95. The molecule has 0 saturated carbocycles. The summed E-state index contributed by atoms with van der Waals surface area (Å²) in [5, 5.41) is 12.2. The van der Waals surface area contributed by atoms with Crippen molar-refractivity contribution in [3.8, 4) is 0 Å². The average molecular weight is 333 g/mol. The van der Waals surface area contributed by atoms with Crippen molar-refractivity contribution >= 4 is 11.6 Å². The van der Waals surface area contributed by atoms with Crippen LogP contribution in [0.1, 0.15) is 42.8 Å². The lowest BCUT2D eigenvalue weighted by Gasteiger charge is -2.25. The SMILES string of the molecule is CCCCn1nnnc1C1OC(c2ccccc2)=Nc2ccccc21. The zero-order valence-corrected chi connectivity index (χ0v) is 14.0. The Morgan fingerprint density at radius 2 is 1.84 bits per heavy atom. The van der Waals surface area contributed by atoms with Gasteiger partial charge in [-0.05, 0) is 35.0 Å². The number of aryl methyl sites for hydroxylation is 1. The third kappa shape index (κ3) is 3.03. The first-order valence-corrected chi connectivity index (χ1v) is 8.52. The molecule has 0 bridgehead atoms. The topological polar surface area (TPSA) is 65.2 Å². The minimum atomic E-state index is -0.365. The van der Waals surface area contributed by atoms with Crippen molar-refractivity contribution in [3.05, 3.63) is 71.5 Å². The van der Waals surface area contributed by atoms with Gasteiger partial charge in [0, 0.05) is 17.7 Å². The molecule has 3 aromatic rings. The number of tetrazole rings is 1. The highest BCUT2D eigenvalue weighted by molar-refractivity contribution is 5.97. The number of hydrogen-bond donors (Lipinski definition) is 0. The van der Waals surface area contributed by atoms with Crippen molar-refractivity contribution in [3.63, 3.8) is 0 Å². The van der Waals surface area contributed by atoms with Gasteiger partial charge < -0.3 is 4.74 Å². The van der Waals surface area contributed by atoms with Gasteiger partial charge in [-0.3, -0.25) is 0 Å². The average Bonchev–Trinajstić information content (AvgIpc) is 3.14. The number of unbranched alkanes of at least 4 members (excludes halogenated alkanes) is 1. The minimum Gasteiger partial charge on any atom is -0.461 e. The maximum absolute atomic E-state index is 6.25. The van der Waals surface area contributed by atoms with Crippen LogP contribution in [0.2, 0.25) is 0 Å². The summed E-state index contributed by atoms with van der Waals surface area (Å²) < 4.78 is 8.08. The maximum Gasteiger partial charge on any atom is 0.222 e. The molecule has 0 fully saturated rings. The van der Waals surface area contributed by atoms with Gasteiger partial charge in [0.25, 0.3) is 0 Å². The molecule has 2 aromatic carbocycles. The van der Waals surface area contributed by atoms with Crippen LogP contribution >= 0.6 is 0 Å². The predicted molar refractivity (Wildman–Crippen MR) is 94.7 cm³/mol. The van der Waals surface area contributed by atoms with Gasteiger partial charge in [0.2, 0.25) is 5.90 Å². The highest BCUT2D eigenvalue weighted by atomic mass is 16.5. The second-order valence-corrected chi connectivity index (χ2v) is 5.95. The lowest BCUT2D eigenvalue weighted by atomic mass is 10.0. The fourth-order valence-corrected chi connectivity index (χ4v) is 2.89. The van der Waals surface area contributed by atoms with E-state index in [1.807, 2.05) is 59.3 Å². The summed E-state index contributed by atoms with van der Waals surface area (Å²) in [5.74, 6) is 1.30. The number of aliphatic imine (C=N–C) groups is 1. The van der Waals surface area contributed by atoms with Crippen molar-refractivity contribution in [2.75, 3.05) is 0 Å². The Hall–Kier alpha value is -3.02.